The van der Waals surface area contributed by atoms with Crippen molar-refractivity contribution in [3.8, 4) is 0 Å². The number of rotatable bonds is 4. The minimum Gasteiger partial charge on any atom is -0.326 e. The average molecular weight is 291 g/mol. The number of hydrogen-bond acceptors (Lipinski definition) is 4. The molecule has 1 aromatic rings. The summed E-state index contributed by atoms with van der Waals surface area (Å²) in [6, 6.07) is 4.41. The van der Waals surface area contributed by atoms with Crippen LogP contribution in [0.2, 0.25) is 0 Å². The van der Waals surface area contributed by atoms with E-state index in [0.717, 1.165) is 25.7 Å². The standard InChI is InChI=1S/C15H21N3O3/c1-11-9-12(18(20)21)5-6-13(11)17-14(19)10-15(16)7-3-2-4-8-15/h5-6,9H,2-4,7-8,10,16H2,1H3,(H,17,19). The number of benzene rings is 1. The molecule has 0 atom stereocenters. The summed E-state index contributed by atoms with van der Waals surface area (Å²) in [5.74, 6) is -0.128. The highest BCUT2D eigenvalue weighted by Crippen LogP contribution is 2.29. The fraction of sp³-hybridized carbons (Fsp3) is 0.533. The van der Waals surface area contributed by atoms with Crippen LogP contribution in [0.25, 0.3) is 0 Å². The van der Waals surface area contributed by atoms with Crippen LogP contribution in [0.15, 0.2) is 18.2 Å². The zero-order chi connectivity index (χ0) is 15.5. The quantitative estimate of drug-likeness (QED) is 0.658. The third kappa shape index (κ3) is 4.01. The number of nitrogens with one attached hydrogen (secondary N) is 1. The number of carbonyl (C=O) groups is 1. The summed E-state index contributed by atoms with van der Waals surface area (Å²) in [5, 5.41) is 13.5. The van der Waals surface area contributed by atoms with Gasteiger partial charge in [-0.05, 0) is 31.4 Å². The van der Waals surface area contributed by atoms with Gasteiger partial charge in [-0.3, -0.25) is 14.9 Å². The van der Waals surface area contributed by atoms with E-state index in [9.17, 15) is 14.9 Å². The lowest BCUT2D eigenvalue weighted by Crippen LogP contribution is -2.44. The van der Waals surface area contributed by atoms with Gasteiger partial charge in [-0.1, -0.05) is 19.3 Å². The molecule has 6 nitrogen and oxygen atoms in total. The number of nitro groups is 1. The van der Waals surface area contributed by atoms with Gasteiger partial charge in [0.25, 0.3) is 5.69 Å². The van der Waals surface area contributed by atoms with Crippen LogP contribution in [0.3, 0.4) is 0 Å². The van der Waals surface area contributed by atoms with E-state index in [1.165, 1.54) is 18.6 Å². The minimum atomic E-state index is -0.449. The molecule has 0 unspecified atom stereocenters. The fourth-order valence-electron chi connectivity index (χ4n) is 2.85. The van der Waals surface area contributed by atoms with Crippen LogP contribution in [0.5, 0.6) is 0 Å². The van der Waals surface area contributed by atoms with E-state index in [2.05, 4.69) is 5.32 Å². The van der Waals surface area contributed by atoms with Crippen molar-refractivity contribution in [1.82, 2.24) is 0 Å². The Labute approximate surface area is 123 Å². The van der Waals surface area contributed by atoms with E-state index < -0.39 is 10.5 Å². The Balaban J connectivity index is 2.01. The molecule has 0 aliphatic heterocycles. The molecule has 1 aromatic carbocycles. The summed E-state index contributed by atoms with van der Waals surface area (Å²) in [4.78, 5) is 22.4. The van der Waals surface area contributed by atoms with Gasteiger partial charge in [-0.2, -0.15) is 0 Å². The highest BCUT2D eigenvalue weighted by molar-refractivity contribution is 5.92. The van der Waals surface area contributed by atoms with Crippen molar-refractivity contribution in [2.75, 3.05) is 5.32 Å². The SMILES string of the molecule is Cc1cc([N+](=O)[O-])ccc1NC(=O)CC1(N)CCCCC1. The Hall–Kier alpha value is -1.95. The summed E-state index contributed by atoms with van der Waals surface area (Å²) in [6.07, 6.45) is 5.37. The molecule has 1 saturated carbocycles. The molecule has 114 valence electrons. The molecule has 0 bridgehead atoms. The number of carbonyl (C=O) groups excluding carboxylic acids is 1. The zero-order valence-corrected chi connectivity index (χ0v) is 12.2. The van der Waals surface area contributed by atoms with Gasteiger partial charge >= 0.3 is 0 Å². The van der Waals surface area contributed by atoms with Crippen molar-refractivity contribution in [3.63, 3.8) is 0 Å². The van der Waals surface area contributed by atoms with Gasteiger partial charge in [0, 0.05) is 29.8 Å². The predicted octanol–water partition coefficient (Wildman–Crippen LogP) is 2.89. The lowest BCUT2D eigenvalue weighted by Gasteiger charge is -2.32. The molecule has 0 radical (unpaired) electrons. The molecule has 1 fully saturated rings. The smallest absolute Gasteiger partial charge is 0.269 e. The third-order valence-corrected chi connectivity index (χ3v) is 4.06. The number of nitrogens with two attached hydrogens (primary N) is 1. The molecule has 0 heterocycles. The molecule has 0 spiro atoms. The molecular weight excluding hydrogens is 270 g/mol. The van der Waals surface area contributed by atoms with Gasteiger partial charge in [0.05, 0.1) is 4.92 Å². The van der Waals surface area contributed by atoms with E-state index in [4.69, 9.17) is 5.73 Å². The number of non-ortho nitro benzene ring substituents is 1. The van der Waals surface area contributed by atoms with Gasteiger partial charge in [0.1, 0.15) is 0 Å². The first-order valence-electron chi connectivity index (χ1n) is 7.23. The number of anilines is 1. The van der Waals surface area contributed by atoms with Crippen molar-refractivity contribution < 1.29 is 9.72 Å². The monoisotopic (exact) mass is 291 g/mol. The highest BCUT2D eigenvalue weighted by atomic mass is 16.6. The van der Waals surface area contributed by atoms with E-state index in [1.54, 1.807) is 13.0 Å². The molecule has 0 aromatic heterocycles. The Morgan fingerprint density at radius 3 is 2.62 bits per heavy atom. The first-order valence-corrected chi connectivity index (χ1v) is 7.23. The molecular formula is C15H21N3O3. The maximum absolute atomic E-state index is 12.1. The fourth-order valence-corrected chi connectivity index (χ4v) is 2.85. The van der Waals surface area contributed by atoms with Crippen LogP contribution < -0.4 is 11.1 Å². The summed E-state index contributed by atoms with van der Waals surface area (Å²) in [6.45, 7) is 1.74. The lowest BCUT2D eigenvalue weighted by atomic mass is 9.80. The van der Waals surface area contributed by atoms with Crippen molar-refractivity contribution in [1.29, 1.82) is 0 Å². The van der Waals surface area contributed by atoms with Gasteiger partial charge < -0.3 is 11.1 Å². The largest absolute Gasteiger partial charge is 0.326 e. The first kappa shape index (κ1) is 15.4. The predicted molar refractivity (Wildman–Crippen MR) is 81.1 cm³/mol. The second kappa shape index (κ2) is 6.22. The van der Waals surface area contributed by atoms with Crippen LogP contribution in [-0.4, -0.2) is 16.4 Å². The van der Waals surface area contributed by atoms with Crippen LogP contribution in [0.1, 0.15) is 44.1 Å². The Kier molecular flexibility index (Phi) is 4.57. The van der Waals surface area contributed by atoms with E-state index in [-0.39, 0.29) is 11.6 Å². The van der Waals surface area contributed by atoms with Crippen molar-refractivity contribution in [2.45, 2.75) is 51.0 Å². The maximum Gasteiger partial charge on any atom is 0.269 e. The van der Waals surface area contributed by atoms with E-state index >= 15 is 0 Å². The van der Waals surface area contributed by atoms with E-state index in [1.807, 2.05) is 0 Å². The Morgan fingerprint density at radius 2 is 2.05 bits per heavy atom. The number of hydrogen-bond donors (Lipinski definition) is 2. The number of amides is 1. The molecule has 1 aliphatic rings. The van der Waals surface area contributed by atoms with Crippen molar-refractivity contribution >= 4 is 17.3 Å². The normalized spacial score (nSPS) is 17.2. The topological polar surface area (TPSA) is 98.3 Å². The molecule has 0 saturated heterocycles. The summed E-state index contributed by atoms with van der Waals surface area (Å²) in [5.41, 5.74) is 7.16. The Bertz CT molecular complexity index is 551. The first-order chi connectivity index (χ1) is 9.89. The maximum atomic E-state index is 12.1. The molecule has 6 heteroatoms. The molecule has 1 aliphatic carbocycles. The van der Waals surface area contributed by atoms with Crippen molar-refractivity contribution in [3.05, 3.63) is 33.9 Å². The summed E-state index contributed by atoms with van der Waals surface area (Å²) in [7, 11) is 0. The summed E-state index contributed by atoms with van der Waals surface area (Å²) < 4.78 is 0. The number of aryl methyl sites for hydroxylation is 1. The molecule has 21 heavy (non-hydrogen) atoms. The minimum absolute atomic E-state index is 0.0214. The zero-order valence-electron chi connectivity index (χ0n) is 12.2. The third-order valence-electron chi connectivity index (χ3n) is 4.06. The second-order valence-electron chi connectivity index (χ2n) is 5.90. The van der Waals surface area contributed by atoms with E-state index in [0.29, 0.717) is 17.7 Å². The van der Waals surface area contributed by atoms with Crippen LogP contribution in [0.4, 0.5) is 11.4 Å². The number of nitro benzene ring substituents is 1. The van der Waals surface area contributed by atoms with Gasteiger partial charge in [0.2, 0.25) is 5.91 Å². The lowest BCUT2D eigenvalue weighted by molar-refractivity contribution is -0.384. The van der Waals surface area contributed by atoms with Crippen LogP contribution in [-0.2, 0) is 4.79 Å². The number of nitrogens with zero attached hydrogens (tertiary/aromatic N) is 1. The molecule has 3 N–H and O–H groups in total. The van der Waals surface area contributed by atoms with Crippen LogP contribution >= 0.6 is 0 Å². The van der Waals surface area contributed by atoms with Gasteiger partial charge in [-0.25, -0.2) is 0 Å². The summed E-state index contributed by atoms with van der Waals surface area (Å²) >= 11 is 0. The molecule has 2 rings (SSSR count). The van der Waals surface area contributed by atoms with Crippen LogP contribution in [0, 0.1) is 17.0 Å². The molecule has 1 amide bonds. The average Bonchev–Trinajstić information content (AvgIpc) is 2.41. The highest BCUT2D eigenvalue weighted by Gasteiger charge is 2.30. The van der Waals surface area contributed by atoms with Gasteiger partial charge in [-0.15, -0.1) is 0 Å². The second-order valence-corrected chi connectivity index (χ2v) is 5.90. The van der Waals surface area contributed by atoms with Crippen molar-refractivity contribution in [2.24, 2.45) is 5.73 Å². The Morgan fingerprint density at radius 1 is 1.38 bits per heavy atom. The van der Waals surface area contributed by atoms with Gasteiger partial charge in [0.15, 0.2) is 0 Å².